The average Bonchev–Trinajstić information content (AvgIpc) is 2.33. The van der Waals surface area contributed by atoms with E-state index in [2.05, 4.69) is 10.8 Å². The van der Waals surface area contributed by atoms with E-state index in [4.69, 9.17) is 0 Å². The smallest absolute Gasteiger partial charge is 0.0480 e. The van der Waals surface area contributed by atoms with E-state index in [1.54, 1.807) is 16.9 Å². The topological polar surface area (TPSA) is 0 Å². The second kappa shape index (κ2) is 2.14. The molecule has 1 aliphatic rings. The molecule has 47 valence electrons. The average molecular weight is 137 g/mol. The van der Waals surface area contributed by atoms with Gasteiger partial charge in [0.15, 0.2) is 0 Å². The minimum Gasteiger partial charge on any atom is -0.142 e. The summed E-state index contributed by atoms with van der Waals surface area (Å²) in [5.41, 5.74) is 3.05. The zero-order valence-corrected chi connectivity index (χ0v) is 6.13. The minimum atomic E-state index is 1.28. The van der Waals surface area contributed by atoms with Gasteiger partial charge in [0.2, 0.25) is 0 Å². The Morgan fingerprint density at radius 3 is 3.11 bits per heavy atom. The summed E-state index contributed by atoms with van der Waals surface area (Å²) in [5, 5.41) is 5.54. The number of aryl methyl sites for hydroxylation is 2. The standard InChI is InChI=1S/C8H9S/c1-2-4-8-6-9-5-7(8)3-1/h5H,1-4H2. The van der Waals surface area contributed by atoms with Gasteiger partial charge in [0.05, 0.1) is 0 Å². The fourth-order valence-electron chi connectivity index (χ4n) is 1.35. The number of hydrogen-bond acceptors (Lipinski definition) is 1. The molecule has 0 N–H and O–H groups in total. The van der Waals surface area contributed by atoms with Gasteiger partial charge in [-0.3, -0.25) is 0 Å². The number of thiophene rings is 1. The maximum atomic E-state index is 3.30. The van der Waals surface area contributed by atoms with Crippen molar-refractivity contribution in [3.63, 3.8) is 0 Å². The third-order valence-corrected chi connectivity index (χ3v) is 2.66. The van der Waals surface area contributed by atoms with Crippen LogP contribution in [0.3, 0.4) is 0 Å². The molecule has 0 aromatic carbocycles. The molecule has 0 spiro atoms. The number of fused-ring (bicyclic) bond motifs is 1. The van der Waals surface area contributed by atoms with Crippen molar-refractivity contribution in [3.8, 4) is 0 Å². The Balaban J connectivity index is 2.39. The molecule has 0 nitrogen and oxygen atoms in total. The lowest BCUT2D eigenvalue weighted by Crippen LogP contribution is -1.97. The maximum absolute atomic E-state index is 3.30. The van der Waals surface area contributed by atoms with E-state index in [1.807, 2.05) is 0 Å². The van der Waals surface area contributed by atoms with Gasteiger partial charge in [-0.1, -0.05) is 0 Å². The largest absolute Gasteiger partial charge is 0.142 e. The van der Waals surface area contributed by atoms with Crippen LogP contribution >= 0.6 is 11.3 Å². The van der Waals surface area contributed by atoms with Crippen molar-refractivity contribution in [2.24, 2.45) is 0 Å². The van der Waals surface area contributed by atoms with E-state index < -0.39 is 0 Å². The van der Waals surface area contributed by atoms with E-state index in [0.29, 0.717) is 0 Å². The van der Waals surface area contributed by atoms with Crippen molar-refractivity contribution in [1.29, 1.82) is 0 Å². The van der Waals surface area contributed by atoms with E-state index in [9.17, 15) is 0 Å². The molecule has 0 amide bonds. The van der Waals surface area contributed by atoms with Gasteiger partial charge < -0.3 is 0 Å². The third kappa shape index (κ3) is 0.897. The zero-order chi connectivity index (χ0) is 6.10. The fraction of sp³-hybridized carbons (Fsp3) is 0.500. The summed E-state index contributed by atoms with van der Waals surface area (Å²) in [6, 6.07) is 0. The van der Waals surface area contributed by atoms with E-state index in [-0.39, 0.29) is 0 Å². The first-order valence-corrected chi connectivity index (χ1v) is 4.32. The van der Waals surface area contributed by atoms with Crippen LogP contribution in [0.2, 0.25) is 0 Å². The molecule has 0 saturated heterocycles. The van der Waals surface area contributed by atoms with Gasteiger partial charge >= 0.3 is 0 Å². The molecule has 0 fully saturated rings. The molecular weight excluding hydrogens is 128 g/mol. The zero-order valence-electron chi connectivity index (χ0n) is 5.31. The highest BCUT2D eigenvalue weighted by molar-refractivity contribution is 7.07. The molecule has 0 unspecified atom stereocenters. The van der Waals surface area contributed by atoms with Crippen molar-refractivity contribution < 1.29 is 0 Å². The lowest BCUT2D eigenvalue weighted by Gasteiger charge is -2.08. The van der Waals surface area contributed by atoms with Crippen molar-refractivity contribution in [2.45, 2.75) is 25.7 Å². The lowest BCUT2D eigenvalue weighted by molar-refractivity contribution is 0.689. The van der Waals surface area contributed by atoms with Crippen LogP contribution in [0.15, 0.2) is 5.38 Å². The molecule has 0 aliphatic heterocycles. The number of hydrogen-bond donors (Lipinski definition) is 0. The summed E-state index contributed by atoms with van der Waals surface area (Å²) < 4.78 is 0. The summed E-state index contributed by atoms with van der Waals surface area (Å²) >= 11 is 1.73. The van der Waals surface area contributed by atoms with E-state index >= 15 is 0 Å². The van der Waals surface area contributed by atoms with Crippen molar-refractivity contribution in [2.75, 3.05) is 0 Å². The van der Waals surface area contributed by atoms with Crippen LogP contribution in [0.4, 0.5) is 0 Å². The van der Waals surface area contributed by atoms with Gasteiger partial charge in [-0.15, -0.1) is 11.3 Å². The predicted octanol–water partition coefficient (Wildman–Crippen LogP) is 2.43. The molecule has 1 aliphatic carbocycles. The van der Waals surface area contributed by atoms with Crippen LogP contribution < -0.4 is 0 Å². The van der Waals surface area contributed by atoms with Crippen LogP contribution in [0.5, 0.6) is 0 Å². The highest BCUT2D eigenvalue weighted by Gasteiger charge is 2.08. The quantitative estimate of drug-likeness (QED) is 0.515. The van der Waals surface area contributed by atoms with Gasteiger partial charge in [-0.2, -0.15) is 0 Å². The first-order chi connectivity index (χ1) is 4.47. The predicted molar refractivity (Wildman–Crippen MR) is 39.8 cm³/mol. The minimum absolute atomic E-state index is 1.28. The first kappa shape index (κ1) is 5.48. The summed E-state index contributed by atoms with van der Waals surface area (Å²) in [6.07, 6.45) is 5.34. The fourth-order valence-corrected chi connectivity index (χ4v) is 2.18. The molecule has 0 saturated carbocycles. The second-order valence-electron chi connectivity index (χ2n) is 2.55. The molecule has 0 atom stereocenters. The summed E-state index contributed by atoms with van der Waals surface area (Å²) in [5.74, 6) is 0. The van der Waals surface area contributed by atoms with Crippen LogP contribution in [-0.2, 0) is 12.8 Å². The Kier molecular flexibility index (Phi) is 1.31. The third-order valence-electron chi connectivity index (χ3n) is 1.89. The van der Waals surface area contributed by atoms with Crippen LogP contribution in [0.25, 0.3) is 0 Å². The molecular formula is C8H9S. The normalized spacial score (nSPS) is 17.3. The van der Waals surface area contributed by atoms with Crippen molar-refractivity contribution in [1.82, 2.24) is 0 Å². The molecule has 1 aromatic rings. The Morgan fingerprint density at radius 1 is 1.33 bits per heavy atom. The van der Waals surface area contributed by atoms with Gasteiger partial charge in [0.25, 0.3) is 0 Å². The van der Waals surface area contributed by atoms with Crippen LogP contribution in [0, 0.1) is 5.38 Å². The van der Waals surface area contributed by atoms with Crippen molar-refractivity contribution >= 4 is 11.3 Å². The molecule has 9 heavy (non-hydrogen) atoms. The van der Waals surface area contributed by atoms with Crippen molar-refractivity contribution in [3.05, 3.63) is 21.9 Å². The van der Waals surface area contributed by atoms with Gasteiger partial charge in [0.1, 0.15) is 0 Å². The Morgan fingerprint density at radius 2 is 2.22 bits per heavy atom. The molecule has 2 rings (SSSR count). The Labute approximate surface area is 59.5 Å². The first-order valence-electron chi connectivity index (χ1n) is 3.44. The highest BCUT2D eigenvalue weighted by Crippen LogP contribution is 2.23. The Bertz CT molecular complexity index is 180. The Hall–Kier alpha value is -0.300. The van der Waals surface area contributed by atoms with E-state index in [1.165, 1.54) is 31.2 Å². The molecule has 1 heteroatoms. The highest BCUT2D eigenvalue weighted by atomic mass is 32.1. The van der Waals surface area contributed by atoms with Crippen LogP contribution in [-0.4, -0.2) is 0 Å². The van der Waals surface area contributed by atoms with Gasteiger partial charge in [0, 0.05) is 5.38 Å². The number of rotatable bonds is 0. The summed E-state index contributed by atoms with van der Waals surface area (Å²) in [4.78, 5) is 0. The molecule has 1 aromatic heterocycles. The molecule has 0 bridgehead atoms. The summed E-state index contributed by atoms with van der Waals surface area (Å²) in [6.45, 7) is 0. The SMILES string of the molecule is [c]1scc2c1CCCC2. The maximum Gasteiger partial charge on any atom is 0.0480 e. The summed E-state index contributed by atoms with van der Waals surface area (Å²) in [7, 11) is 0. The second-order valence-corrected chi connectivity index (χ2v) is 3.22. The van der Waals surface area contributed by atoms with Crippen LogP contribution in [0.1, 0.15) is 24.0 Å². The molecule has 1 heterocycles. The monoisotopic (exact) mass is 137 g/mol. The van der Waals surface area contributed by atoms with E-state index in [0.717, 1.165) is 0 Å². The molecule has 1 radical (unpaired) electrons. The van der Waals surface area contributed by atoms with Gasteiger partial charge in [-0.25, -0.2) is 0 Å². The lowest BCUT2D eigenvalue weighted by atomic mass is 9.96. The van der Waals surface area contributed by atoms with Gasteiger partial charge in [-0.05, 0) is 42.2 Å².